The average Bonchev–Trinajstić information content (AvgIpc) is 3.06. The molecule has 1 aliphatic rings. The normalized spacial score (nSPS) is 15.1. The smallest absolute Gasteiger partial charge is 0.280 e. The Hall–Kier alpha value is -2.96. The highest BCUT2D eigenvalue weighted by Gasteiger charge is 2.31. The van der Waals surface area contributed by atoms with E-state index in [1.54, 1.807) is 0 Å². The highest BCUT2D eigenvalue weighted by atomic mass is 17.2. The third kappa shape index (κ3) is 4.91. The number of anilines is 2. The number of hydrazone groups is 1. The molecule has 0 N–H and O–H groups in total. The fraction of sp³-hybridized carbons (Fsp3) is 0.304. The molecule has 0 saturated carbocycles. The predicted molar refractivity (Wildman–Crippen MR) is 117 cm³/mol. The average molecular weight is 393 g/mol. The van der Waals surface area contributed by atoms with Crippen molar-refractivity contribution in [1.29, 1.82) is 0 Å². The lowest BCUT2D eigenvalue weighted by Gasteiger charge is -2.20. The minimum Gasteiger partial charge on any atom is -0.372 e. The highest BCUT2D eigenvalue weighted by Crippen LogP contribution is 2.25. The van der Waals surface area contributed by atoms with Gasteiger partial charge in [0.25, 0.3) is 5.91 Å². The van der Waals surface area contributed by atoms with Crippen molar-refractivity contribution in [2.24, 2.45) is 5.10 Å². The van der Waals surface area contributed by atoms with Crippen LogP contribution in [0.3, 0.4) is 0 Å². The molecule has 0 bridgehead atoms. The number of para-hydroxylation sites is 1. The molecule has 0 radical (unpaired) electrons. The number of rotatable bonds is 9. The van der Waals surface area contributed by atoms with E-state index in [-0.39, 0.29) is 12.5 Å². The van der Waals surface area contributed by atoms with Crippen LogP contribution in [0.25, 0.3) is 6.08 Å². The van der Waals surface area contributed by atoms with Crippen molar-refractivity contribution >= 4 is 29.1 Å². The minimum atomic E-state index is -0.181. The first-order valence-electron chi connectivity index (χ1n) is 9.96. The van der Waals surface area contributed by atoms with E-state index in [0.717, 1.165) is 24.3 Å². The lowest BCUT2D eigenvalue weighted by atomic mass is 10.1. The molecule has 29 heavy (non-hydrogen) atoms. The zero-order chi connectivity index (χ0) is 20.6. The van der Waals surface area contributed by atoms with Crippen LogP contribution in [0, 0.1) is 0 Å². The Kier molecular flexibility index (Phi) is 7.16. The van der Waals surface area contributed by atoms with E-state index in [2.05, 4.69) is 36.0 Å². The topological polar surface area (TPSA) is 54.4 Å². The van der Waals surface area contributed by atoms with Crippen LogP contribution >= 0.6 is 0 Å². The Morgan fingerprint density at radius 2 is 1.66 bits per heavy atom. The molecule has 1 aliphatic heterocycles. The van der Waals surface area contributed by atoms with Gasteiger partial charge in [0.15, 0.2) is 0 Å². The molecule has 0 spiro atoms. The quantitative estimate of drug-likeness (QED) is 0.276. The Labute approximate surface area is 172 Å². The standard InChI is InChI=1S/C23H27N3O3/c1-4-25(5-2)19-14-12-18(13-15-19)16-21-22(17-29-28-6-3)24-26(23(21)27)20-10-8-7-9-11-20/h7-16H,4-6,17H2,1-3H3/b21-16-. The summed E-state index contributed by atoms with van der Waals surface area (Å²) in [6.45, 7) is 8.54. The monoisotopic (exact) mass is 393 g/mol. The number of carbonyl (C=O) groups is 1. The van der Waals surface area contributed by atoms with Crippen molar-refractivity contribution < 1.29 is 14.6 Å². The van der Waals surface area contributed by atoms with Gasteiger partial charge in [0.1, 0.15) is 12.3 Å². The summed E-state index contributed by atoms with van der Waals surface area (Å²) >= 11 is 0. The molecule has 0 atom stereocenters. The second kappa shape index (κ2) is 10.0. The van der Waals surface area contributed by atoms with E-state index in [9.17, 15) is 4.79 Å². The first-order valence-corrected chi connectivity index (χ1v) is 9.96. The van der Waals surface area contributed by atoms with Gasteiger partial charge >= 0.3 is 0 Å². The summed E-state index contributed by atoms with van der Waals surface area (Å²) in [7, 11) is 0. The van der Waals surface area contributed by atoms with Crippen LogP contribution in [0.5, 0.6) is 0 Å². The van der Waals surface area contributed by atoms with E-state index in [1.807, 2.05) is 55.5 Å². The third-order valence-electron chi connectivity index (χ3n) is 4.68. The second-order valence-corrected chi connectivity index (χ2v) is 6.49. The van der Waals surface area contributed by atoms with Crippen LogP contribution in [0.4, 0.5) is 11.4 Å². The van der Waals surface area contributed by atoms with Gasteiger partial charge in [-0.3, -0.25) is 4.79 Å². The van der Waals surface area contributed by atoms with Gasteiger partial charge in [-0.1, -0.05) is 30.3 Å². The van der Waals surface area contributed by atoms with E-state index in [0.29, 0.717) is 23.6 Å². The fourth-order valence-corrected chi connectivity index (χ4v) is 3.17. The molecule has 3 rings (SSSR count). The van der Waals surface area contributed by atoms with Crippen LogP contribution in [-0.4, -0.2) is 37.9 Å². The third-order valence-corrected chi connectivity index (χ3v) is 4.68. The maximum atomic E-state index is 13.1. The zero-order valence-corrected chi connectivity index (χ0v) is 17.2. The number of hydrogen-bond donors (Lipinski definition) is 0. The molecule has 6 heteroatoms. The highest BCUT2D eigenvalue weighted by molar-refractivity contribution is 6.33. The van der Waals surface area contributed by atoms with Crippen molar-refractivity contribution in [1.82, 2.24) is 0 Å². The number of benzene rings is 2. The summed E-state index contributed by atoms with van der Waals surface area (Å²) in [6.07, 6.45) is 1.85. The number of hydrogen-bond acceptors (Lipinski definition) is 5. The van der Waals surface area contributed by atoms with Crippen molar-refractivity contribution in [3.8, 4) is 0 Å². The van der Waals surface area contributed by atoms with Crippen LogP contribution in [-0.2, 0) is 14.6 Å². The molecule has 2 aromatic rings. The summed E-state index contributed by atoms with van der Waals surface area (Å²) in [6, 6.07) is 17.5. The molecular formula is C23H27N3O3. The molecule has 1 heterocycles. The Balaban J connectivity index is 1.88. The van der Waals surface area contributed by atoms with Gasteiger partial charge in [-0.05, 0) is 56.7 Å². The number of carbonyl (C=O) groups excluding carboxylic acids is 1. The van der Waals surface area contributed by atoms with Gasteiger partial charge in [0, 0.05) is 18.8 Å². The molecule has 1 amide bonds. The van der Waals surface area contributed by atoms with E-state index in [1.165, 1.54) is 5.01 Å². The number of nitrogens with zero attached hydrogens (tertiary/aromatic N) is 3. The summed E-state index contributed by atoms with van der Waals surface area (Å²) < 4.78 is 0. The van der Waals surface area contributed by atoms with E-state index < -0.39 is 0 Å². The molecule has 2 aromatic carbocycles. The van der Waals surface area contributed by atoms with Crippen molar-refractivity contribution in [3.63, 3.8) is 0 Å². The second-order valence-electron chi connectivity index (χ2n) is 6.49. The molecule has 6 nitrogen and oxygen atoms in total. The lowest BCUT2D eigenvalue weighted by molar-refractivity contribution is -0.279. The van der Waals surface area contributed by atoms with Crippen LogP contribution in [0.2, 0.25) is 0 Å². The van der Waals surface area contributed by atoms with Gasteiger partial charge in [0.05, 0.1) is 17.9 Å². The van der Waals surface area contributed by atoms with Crippen LogP contribution < -0.4 is 9.91 Å². The van der Waals surface area contributed by atoms with Crippen molar-refractivity contribution in [2.45, 2.75) is 20.8 Å². The molecule has 0 saturated heterocycles. The van der Waals surface area contributed by atoms with Gasteiger partial charge in [0.2, 0.25) is 0 Å². The summed E-state index contributed by atoms with van der Waals surface area (Å²) in [4.78, 5) is 25.5. The zero-order valence-electron chi connectivity index (χ0n) is 17.2. The minimum absolute atomic E-state index is 0.103. The van der Waals surface area contributed by atoms with Crippen molar-refractivity contribution in [3.05, 3.63) is 65.7 Å². The summed E-state index contributed by atoms with van der Waals surface area (Å²) in [5.41, 5.74) is 3.86. The van der Waals surface area contributed by atoms with Crippen molar-refractivity contribution in [2.75, 3.05) is 36.2 Å². The first-order chi connectivity index (χ1) is 14.2. The van der Waals surface area contributed by atoms with Crippen LogP contribution in [0.15, 0.2) is 65.3 Å². The van der Waals surface area contributed by atoms with Gasteiger partial charge in [-0.2, -0.15) is 10.1 Å². The Morgan fingerprint density at radius 1 is 0.966 bits per heavy atom. The van der Waals surface area contributed by atoms with Gasteiger partial charge < -0.3 is 4.90 Å². The Morgan fingerprint density at radius 3 is 2.28 bits per heavy atom. The maximum absolute atomic E-state index is 13.1. The SMILES string of the molecule is CCOOCC1=NN(c2ccccc2)C(=O)/C1=C\c1ccc(N(CC)CC)cc1. The lowest BCUT2D eigenvalue weighted by Crippen LogP contribution is -2.22. The van der Waals surface area contributed by atoms with E-state index >= 15 is 0 Å². The summed E-state index contributed by atoms with van der Waals surface area (Å²) in [5.74, 6) is -0.181. The molecule has 0 aliphatic carbocycles. The van der Waals surface area contributed by atoms with Gasteiger partial charge in [-0.25, -0.2) is 9.78 Å². The van der Waals surface area contributed by atoms with Gasteiger partial charge in [-0.15, -0.1) is 0 Å². The largest absolute Gasteiger partial charge is 0.372 e. The predicted octanol–water partition coefficient (Wildman–Crippen LogP) is 4.29. The molecule has 0 unspecified atom stereocenters. The molecule has 152 valence electrons. The Bertz CT molecular complexity index is 872. The number of amides is 1. The molecule has 0 aromatic heterocycles. The molecular weight excluding hydrogens is 366 g/mol. The van der Waals surface area contributed by atoms with E-state index in [4.69, 9.17) is 9.78 Å². The first kappa shape index (κ1) is 20.8. The maximum Gasteiger partial charge on any atom is 0.280 e. The molecule has 0 fully saturated rings. The van der Waals surface area contributed by atoms with Crippen LogP contribution in [0.1, 0.15) is 26.3 Å². The fourth-order valence-electron chi connectivity index (χ4n) is 3.17. The summed E-state index contributed by atoms with van der Waals surface area (Å²) in [5, 5.41) is 5.88.